The summed E-state index contributed by atoms with van der Waals surface area (Å²) in [6.07, 6.45) is 0.300. The Morgan fingerprint density at radius 1 is 1.19 bits per heavy atom. The van der Waals surface area contributed by atoms with Gasteiger partial charge in [0.05, 0.1) is 23.1 Å². The van der Waals surface area contributed by atoms with Crippen molar-refractivity contribution >= 4 is 16.3 Å². The van der Waals surface area contributed by atoms with Crippen LogP contribution in [0.2, 0.25) is 0 Å². The standard InChI is InChI=1S/C19H24N4O2S/c1-11-7-5-6-8-15(11)16(22-9-12(2)25-13(3)10-22)17-18(24)23-19(26-17)20-14(4)21-23/h5-8,12-13,16,24H,9-10H2,1-4H3/t12-,13-,16-/m1/s1. The second-order valence-electron chi connectivity index (χ2n) is 7.11. The van der Waals surface area contributed by atoms with Crippen molar-refractivity contribution in [3.8, 4) is 5.88 Å². The van der Waals surface area contributed by atoms with E-state index in [9.17, 15) is 5.11 Å². The zero-order valence-corrected chi connectivity index (χ0v) is 16.3. The van der Waals surface area contributed by atoms with Crippen LogP contribution >= 0.6 is 11.3 Å². The molecule has 138 valence electrons. The molecule has 0 aliphatic carbocycles. The van der Waals surface area contributed by atoms with Gasteiger partial charge in [0.1, 0.15) is 5.82 Å². The molecule has 1 N–H and O–H groups in total. The Labute approximate surface area is 157 Å². The summed E-state index contributed by atoms with van der Waals surface area (Å²) < 4.78 is 7.48. The van der Waals surface area contributed by atoms with E-state index in [0.29, 0.717) is 5.82 Å². The van der Waals surface area contributed by atoms with Gasteiger partial charge in [-0.1, -0.05) is 35.6 Å². The van der Waals surface area contributed by atoms with Crippen molar-refractivity contribution in [3.63, 3.8) is 0 Å². The first kappa shape index (κ1) is 17.5. The van der Waals surface area contributed by atoms with Crippen molar-refractivity contribution < 1.29 is 9.84 Å². The molecule has 0 spiro atoms. The number of benzene rings is 1. The number of ether oxygens (including phenoxy) is 1. The molecule has 7 heteroatoms. The Morgan fingerprint density at radius 2 is 1.88 bits per heavy atom. The van der Waals surface area contributed by atoms with Gasteiger partial charge in [-0.25, -0.2) is 4.98 Å². The first-order valence-electron chi connectivity index (χ1n) is 8.94. The summed E-state index contributed by atoms with van der Waals surface area (Å²) in [6, 6.07) is 8.32. The maximum atomic E-state index is 10.9. The Kier molecular flexibility index (Phi) is 4.46. The Hall–Kier alpha value is -1.96. The number of nitrogens with zero attached hydrogens (tertiary/aromatic N) is 4. The average Bonchev–Trinajstić information content (AvgIpc) is 3.07. The van der Waals surface area contributed by atoms with Crippen molar-refractivity contribution in [2.24, 2.45) is 0 Å². The molecule has 0 saturated carbocycles. The molecule has 2 aromatic heterocycles. The second kappa shape index (κ2) is 6.64. The summed E-state index contributed by atoms with van der Waals surface area (Å²) in [4.78, 5) is 8.45. The quantitative estimate of drug-likeness (QED) is 0.764. The number of rotatable bonds is 3. The largest absolute Gasteiger partial charge is 0.492 e. The third-order valence-corrected chi connectivity index (χ3v) is 5.92. The molecule has 1 aliphatic heterocycles. The highest BCUT2D eigenvalue weighted by molar-refractivity contribution is 7.17. The number of aromatic hydroxyl groups is 1. The summed E-state index contributed by atoms with van der Waals surface area (Å²) in [5.41, 5.74) is 2.41. The normalized spacial score (nSPS) is 22.8. The zero-order valence-electron chi connectivity index (χ0n) is 15.5. The van der Waals surface area contributed by atoms with Gasteiger partial charge in [0.15, 0.2) is 0 Å². The molecule has 1 fully saturated rings. The molecule has 3 heterocycles. The molecule has 3 atom stereocenters. The van der Waals surface area contributed by atoms with E-state index >= 15 is 0 Å². The van der Waals surface area contributed by atoms with Crippen molar-refractivity contribution in [1.29, 1.82) is 0 Å². The number of hydrogen-bond donors (Lipinski definition) is 1. The fourth-order valence-corrected chi connectivity index (χ4v) is 5.01. The first-order chi connectivity index (χ1) is 12.4. The monoisotopic (exact) mass is 372 g/mol. The van der Waals surface area contributed by atoms with E-state index in [0.717, 1.165) is 22.9 Å². The molecule has 0 amide bonds. The summed E-state index contributed by atoms with van der Waals surface area (Å²) in [7, 11) is 0. The Balaban J connectivity index is 1.85. The number of morpholine rings is 1. The average molecular weight is 372 g/mol. The van der Waals surface area contributed by atoms with E-state index in [-0.39, 0.29) is 24.1 Å². The lowest BCUT2D eigenvalue weighted by Crippen LogP contribution is -2.47. The van der Waals surface area contributed by atoms with Gasteiger partial charge >= 0.3 is 0 Å². The van der Waals surface area contributed by atoms with Crippen molar-refractivity contribution in [2.45, 2.75) is 45.9 Å². The summed E-state index contributed by atoms with van der Waals surface area (Å²) >= 11 is 1.51. The van der Waals surface area contributed by atoms with Crippen LogP contribution in [-0.2, 0) is 4.74 Å². The highest BCUT2D eigenvalue weighted by atomic mass is 32.1. The van der Waals surface area contributed by atoms with E-state index in [1.807, 2.05) is 13.0 Å². The van der Waals surface area contributed by atoms with Crippen molar-refractivity contribution in [3.05, 3.63) is 46.1 Å². The molecule has 3 aromatic rings. The molecular weight excluding hydrogens is 348 g/mol. The summed E-state index contributed by atoms with van der Waals surface area (Å²) in [6.45, 7) is 9.79. The number of hydrogen-bond acceptors (Lipinski definition) is 6. The minimum Gasteiger partial charge on any atom is -0.492 e. The van der Waals surface area contributed by atoms with Gasteiger partial charge in [0.25, 0.3) is 0 Å². The molecule has 0 bridgehead atoms. The van der Waals surface area contributed by atoms with Crippen molar-refractivity contribution in [1.82, 2.24) is 19.5 Å². The van der Waals surface area contributed by atoms with Crippen LogP contribution in [0.3, 0.4) is 0 Å². The van der Waals surface area contributed by atoms with Gasteiger partial charge in [-0.2, -0.15) is 4.52 Å². The first-order valence-corrected chi connectivity index (χ1v) is 9.75. The SMILES string of the molecule is Cc1nc2sc([C@@H](c3ccccc3C)N3C[C@@H](C)O[C@H](C)C3)c(O)n2n1. The lowest BCUT2D eigenvalue weighted by molar-refractivity contribution is -0.0764. The van der Waals surface area contributed by atoms with Crippen LogP contribution in [0.25, 0.3) is 4.96 Å². The van der Waals surface area contributed by atoms with Crippen LogP contribution < -0.4 is 0 Å². The lowest BCUT2D eigenvalue weighted by atomic mass is 9.97. The van der Waals surface area contributed by atoms with Crippen LogP contribution in [0, 0.1) is 13.8 Å². The molecule has 1 aromatic carbocycles. The highest BCUT2D eigenvalue weighted by Crippen LogP contribution is 2.41. The van der Waals surface area contributed by atoms with E-state index in [1.165, 1.54) is 22.5 Å². The fourth-order valence-electron chi connectivity index (χ4n) is 3.85. The third kappa shape index (κ3) is 3.00. The molecule has 6 nitrogen and oxygen atoms in total. The molecule has 0 unspecified atom stereocenters. The topological polar surface area (TPSA) is 62.9 Å². The van der Waals surface area contributed by atoms with Crippen molar-refractivity contribution in [2.75, 3.05) is 13.1 Å². The van der Waals surface area contributed by atoms with Gasteiger partial charge in [0, 0.05) is 13.1 Å². The van der Waals surface area contributed by atoms with Crippen LogP contribution in [-0.4, -0.2) is 49.9 Å². The smallest absolute Gasteiger partial charge is 0.230 e. The molecule has 0 radical (unpaired) electrons. The fraction of sp³-hybridized carbons (Fsp3) is 0.474. The number of aromatic nitrogens is 3. The van der Waals surface area contributed by atoms with Crippen LogP contribution in [0.1, 0.15) is 41.7 Å². The van der Waals surface area contributed by atoms with Crippen LogP contribution in [0.15, 0.2) is 24.3 Å². The molecule has 4 rings (SSSR count). The predicted octanol–water partition coefficient (Wildman–Crippen LogP) is 3.31. The number of aryl methyl sites for hydroxylation is 2. The Morgan fingerprint density at radius 3 is 2.54 bits per heavy atom. The zero-order chi connectivity index (χ0) is 18.4. The number of thiazole rings is 1. The van der Waals surface area contributed by atoms with Crippen LogP contribution in [0.4, 0.5) is 0 Å². The highest BCUT2D eigenvalue weighted by Gasteiger charge is 2.34. The van der Waals surface area contributed by atoms with Gasteiger partial charge in [-0.15, -0.1) is 5.10 Å². The van der Waals surface area contributed by atoms with Gasteiger partial charge in [-0.3, -0.25) is 4.90 Å². The van der Waals surface area contributed by atoms with E-state index in [2.05, 4.69) is 54.0 Å². The van der Waals surface area contributed by atoms with E-state index < -0.39 is 0 Å². The maximum absolute atomic E-state index is 10.9. The minimum atomic E-state index is -0.0428. The predicted molar refractivity (Wildman–Crippen MR) is 102 cm³/mol. The lowest BCUT2D eigenvalue weighted by Gasteiger charge is -2.40. The maximum Gasteiger partial charge on any atom is 0.230 e. The molecule has 1 saturated heterocycles. The van der Waals surface area contributed by atoms with Gasteiger partial charge in [-0.05, 0) is 38.8 Å². The molecule has 1 aliphatic rings. The molecule has 26 heavy (non-hydrogen) atoms. The second-order valence-corrected chi connectivity index (χ2v) is 8.12. The van der Waals surface area contributed by atoms with E-state index in [4.69, 9.17) is 4.74 Å². The van der Waals surface area contributed by atoms with E-state index in [1.54, 1.807) is 4.52 Å². The van der Waals surface area contributed by atoms with Gasteiger partial charge in [0.2, 0.25) is 10.8 Å². The Bertz CT molecular complexity index is 925. The van der Waals surface area contributed by atoms with Gasteiger partial charge < -0.3 is 9.84 Å². The molecular formula is C19H24N4O2S. The third-order valence-electron chi connectivity index (χ3n) is 4.85. The number of fused-ring (bicyclic) bond motifs is 1. The minimum absolute atomic E-state index is 0.0428. The summed E-state index contributed by atoms with van der Waals surface area (Å²) in [5.74, 6) is 0.852. The summed E-state index contributed by atoms with van der Waals surface area (Å²) in [5, 5.41) is 15.2. The van der Waals surface area contributed by atoms with Crippen LogP contribution in [0.5, 0.6) is 5.88 Å².